The molecule has 3 N–H and O–H groups in total. The number of nitrogens with one attached hydrogen (secondary N) is 3. The molecule has 282 valence electrons. The van der Waals surface area contributed by atoms with Crippen molar-refractivity contribution in [3.63, 3.8) is 0 Å². The molecule has 0 aliphatic carbocycles. The van der Waals surface area contributed by atoms with Gasteiger partial charge in [-0.05, 0) is 88.5 Å². The average Bonchev–Trinajstić information content (AvgIpc) is 4.13. The Morgan fingerprint density at radius 3 is 1.14 bits per heavy atom. The molecule has 5 heterocycles. The third kappa shape index (κ3) is 7.13. The van der Waals surface area contributed by atoms with E-state index in [1.165, 1.54) is 0 Å². The van der Waals surface area contributed by atoms with Gasteiger partial charge < -0.3 is 20.0 Å². The number of rotatable bonds is 7. The first kappa shape index (κ1) is 35.4. The Balaban J connectivity index is 1.21. The zero-order valence-electron chi connectivity index (χ0n) is 31.9. The van der Waals surface area contributed by atoms with Crippen LogP contribution in [0.2, 0.25) is 0 Å². The molecule has 3 aromatic heterocycles. The molecule has 7 heteroatoms. The third-order valence-corrected chi connectivity index (χ3v) is 10.6. The summed E-state index contributed by atoms with van der Waals surface area (Å²) < 4.78 is 5.68. The Hall–Kier alpha value is -8.03. The summed E-state index contributed by atoms with van der Waals surface area (Å²) in [4.78, 5) is 31.1. The van der Waals surface area contributed by atoms with Crippen LogP contribution in [0.1, 0.15) is 28.3 Å². The molecule has 2 aliphatic heterocycles. The summed E-state index contributed by atoms with van der Waals surface area (Å²) in [7, 11) is 0. The van der Waals surface area contributed by atoms with Crippen LogP contribution in [0.25, 0.3) is 90.9 Å². The quantitative estimate of drug-likeness (QED) is 0.151. The zero-order valence-corrected chi connectivity index (χ0v) is 31.9. The van der Waals surface area contributed by atoms with E-state index >= 15 is 0 Å². The highest BCUT2D eigenvalue weighted by Gasteiger charge is 2.19. The molecule has 1 amide bonds. The van der Waals surface area contributed by atoms with E-state index in [1.807, 2.05) is 72.8 Å². The van der Waals surface area contributed by atoms with Crippen LogP contribution >= 0.6 is 0 Å². The predicted molar refractivity (Wildman–Crippen MR) is 240 cm³/mol. The Morgan fingerprint density at radius 1 is 0.424 bits per heavy atom. The zero-order chi connectivity index (χ0) is 39.5. The van der Waals surface area contributed by atoms with Gasteiger partial charge >= 0.3 is 6.09 Å². The van der Waals surface area contributed by atoms with Crippen molar-refractivity contribution in [1.82, 2.24) is 25.3 Å². The van der Waals surface area contributed by atoms with E-state index in [4.69, 9.17) is 14.7 Å². The minimum Gasteiger partial charge on any atom is -0.410 e. The maximum atomic E-state index is 12.8. The van der Waals surface area contributed by atoms with Crippen LogP contribution in [-0.4, -0.2) is 26.0 Å². The first-order valence-electron chi connectivity index (χ1n) is 19.6. The molecule has 0 spiro atoms. The van der Waals surface area contributed by atoms with Crippen molar-refractivity contribution in [2.75, 3.05) is 0 Å². The van der Waals surface area contributed by atoms with Crippen LogP contribution in [0.4, 0.5) is 4.79 Å². The molecule has 59 heavy (non-hydrogen) atoms. The SMILES string of the molecule is O=C(NCc1ccccc1)Oc1ccc(-c2c3nc(c(-c4ccccc4)c4ccc([nH]4)c(-c4ccccc4)c4nc(c(-c5ccccc5)c5ccc2[nH]5)C=C4)C=C3)cc1. The van der Waals surface area contributed by atoms with Gasteiger partial charge in [0.2, 0.25) is 0 Å². The maximum Gasteiger partial charge on any atom is 0.412 e. The number of H-pyrrole nitrogens is 2. The highest BCUT2D eigenvalue weighted by atomic mass is 16.6. The lowest BCUT2D eigenvalue weighted by Gasteiger charge is -2.09. The number of fused-ring (bicyclic) bond motifs is 8. The molecule has 0 radical (unpaired) electrons. The van der Waals surface area contributed by atoms with Crippen LogP contribution in [0, 0.1) is 0 Å². The molecule has 2 aliphatic rings. The van der Waals surface area contributed by atoms with E-state index in [1.54, 1.807) is 0 Å². The number of amides is 1. The van der Waals surface area contributed by atoms with Crippen LogP contribution in [0.15, 0.2) is 170 Å². The second-order valence-electron chi connectivity index (χ2n) is 14.4. The topological polar surface area (TPSA) is 95.7 Å². The lowest BCUT2D eigenvalue weighted by molar-refractivity contribution is 0.200. The molecule has 7 nitrogen and oxygen atoms in total. The number of nitrogens with zero attached hydrogens (tertiary/aromatic N) is 2. The minimum absolute atomic E-state index is 0.373. The van der Waals surface area contributed by atoms with Crippen LogP contribution in [0.3, 0.4) is 0 Å². The number of hydrogen-bond donors (Lipinski definition) is 3. The lowest BCUT2D eigenvalue weighted by Crippen LogP contribution is -2.26. The second-order valence-corrected chi connectivity index (χ2v) is 14.4. The van der Waals surface area contributed by atoms with Crippen molar-refractivity contribution in [3.8, 4) is 50.3 Å². The lowest BCUT2D eigenvalue weighted by atomic mass is 10.0. The third-order valence-electron chi connectivity index (χ3n) is 10.6. The highest BCUT2D eigenvalue weighted by molar-refractivity contribution is 5.99. The fourth-order valence-corrected chi connectivity index (χ4v) is 7.84. The number of carbonyl (C=O) groups is 1. The van der Waals surface area contributed by atoms with Gasteiger partial charge in [0, 0.05) is 50.9 Å². The van der Waals surface area contributed by atoms with Crippen molar-refractivity contribution < 1.29 is 9.53 Å². The molecule has 0 unspecified atom stereocenters. The average molecular weight is 764 g/mol. The molecule has 10 rings (SSSR count). The van der Waals surface area contributed by atoms with Gasteiger partial charge in [0.1, 0.15) is 5.75 Å². The minimum atomic E-state index is -0.520. The van der Waals surface area contributed by atoms with Gasteiger partial charge in [0.05, 0.1) is 22.8 Å². The van der Waals surface area contributed by atoms with Gasteiger partial charge in [-0.15, -0.1) is 0 Å². The number of aromatic amines is 2. The molecular weight excluding hydrogens is 727 g/mol. The summed E-state index contributed by atoms with van der Waals surface area (Å²) in [5.41, 5.74) is 16.0. The van der Waals surface area contributed by atoms with Crippen molar-refractivity contribution in [2.24, 2.45) is 0 Å². The van der Waals surface area contributed by atoms with E-state index < -0.39 is 6.09 Å². The molecule has 8 bridgehead atoms. The predicted octanol–water partition coefficient (Wildman–Crippen LogP) is 12.6. The fraction of sp³-hybridized carbons (Fsp3) is 0.0192. The number of hydrogen-bond acceptors (Lipinski definition) is 4. The highest BCUT2D eigenvalue weighted by Crippen LogP contribution is 2.38. The molecule has 5 aromatic carbocycles. The Morgan fingerprint density at radius 2 is 0.763 bits per heavy atom. The van der Waals surface area contributed by atoms with E-state index in [9.17, 15) is 4.79 Å². The standard InChI is InChI=1S/C52H37N5O2/c58-52(53-33-34-13-5-1-6-14-34)59-39-23-21-38(22-24-39)51-46-31-29-44(56-46)49(36-17-9-3-10-18-36)42-27-25-40(54-42)48(35-15-7-2-8-16-35)41-26-28-43(55-41)50(37-19-11-4-12-20-37)45-30-32-47(51)57-45/h1-32,54,57H,33H2,(H,53,58). The Kier molecular flexibility index (Phi) is 9.29. The molecule has 0 saturated heterocycles. The molecule has 8 aromatic rings. The molecular formula is C52H37N5O2. The van der Waals surface area contributed by atoms with Crippen molar-refractivity contribution >= 4 is 52.5 Å². The van der Waals surface area contributed by atoms with Crippen LogP contribution < -0.4 is 10.1 Å². The molecule has 0 atom stereocenters. The second kappa shape index (κ2) is 15.5. The van der Waals surface area contributed by atoms with Crippen molar-refractivity contribution in [1.29, 1.82) is 0 Å². The van der Waals surface area contributed by atoms with E-state index in [-0.39, 0.29) is 0 Å². The fourth-order valence-electron chi connectivity index (χ4n) is 7.84. The van der Waals surface area contributed by atoms with Gasteiger partial charge in [-0.3, -0.25) is 0 Å². The van der Waals surface area contributed by atoms with Gasteiger partial charge in [-0.25, -0.2) is 14.8 Å². The summed E-state index contributed by atoms with van der Waals surface area (Å²) in [6, 6.07) is 57.0. The summed E-state index contributed by atoms with van der Waals surface area (Å²) in [6.45, 7) is 0.373. The van der Waals surface area contributed by atoms with Gasteiger partial charge in [0.15, 0.2) is 0 Å². The largest absolute Gasteiger partial charge is 0.412 e. The maximum absolute atomic E-state index is 12.8. The number of aromatic nitrogens is 4. The molecule has 0 saturated carbocycles. The number of benzene rings is 5. The number of ether oxygens (including phenoxy) is 1. The van der Waals surface area contributed by atoms with E-state index in [0.717, 1.165) is 94.9 Å². The van der Waals surface area contributed by atoms with Gasteiger partial charge in [-0.1, -0.05) is 133 Å². The Bertz CT molecular complexity index is 3020. The Labute approximate surface area is 341 Å². The first-order valence-corrected chi connectivity index (χ1v) is 19.6. The summed E-state index contributed by atoms with van der Waals surface area (Å²) in [5.74, 6) is 0.433. The van der Waals surface area contributed by atoms with Crippen molar-refractivity contribution in [3.05, 3.63) is 198 Å². The van der Waals surface area contributed by atoms with Crippen LogP contribution in [-0.2, 0) is 6.54 Å². The normalized spacial score (nSPS) is 11.7. The van der Waals surface area contributed by atoms with Crippen molar-refractivity contribution in [2.45, 2.75) is 6.54 Å². The van der Waals surface area contributed by atoms with E-state index in [0.29, 0.717) is 12.3 Å². The monoisotopic (exact) mass is 763 g/mol. The number of carbonyl (C=O) groups excluding carboxylic acids is 1. The summed E-state index contributed by atoms with van der Waals surface area (Å²) in [6.07, 6.45) is 7.86. The van der Waals surface area contributed by atoms with E-state index in [2.05, 4.69) is 137 Å². The first-order chi connectivity index (χ1) is 29.1. The van der Waals surface area contributed by atoms with Gasteiger partial charge in [-0.2, -0.15) is 0 Å². The van der Waals surface area contributed by atoms with Gasteiger partial charge in [0.25, 0.3) is 0 Å². The van der Waals surface area contributed by atoms with Crippen LogP contribution in [0.5, 0.6) is 5.75 Å². The molecule has 0 fully saturated rings. The summed E-state index contributed by atoms with van der Waals surface area (Å²) >= 11 is 0. The summed E-state index contributed by atoms with van der Waals surface area (Å²) in [5, 5.41) is 2.84. The smallest absolute Gasteiger partial charge is 0.410 e.